The number of anilines is 1. The van der Waals surface area contributed by atoms with E-state index in [1.807, 2.05) is 19.1 Å². The number of methoxy groups -OCH3 is 1. The van der Waals surface area contributed by atoms with Gasteiger partial charge in [-0.3, -0.25) is 4.79 Å². The first-order chi connectivity index (χ1) is 11.0. The largest absolute Gasteiger partial charge is 0.495 e. The number of carbonyl (C=O) groups excluding carboxylic acids is 1. The summed E-state index contributed by atoms with van der Waals surface area (Å²) in [4.78, 5) is 12.5. The van der Waals surface area contributed by atoms with Crippen LogP contribution in [0.2, 0.25) is 10.0 Å². The van der Waals surface area contributed by atoms with Gasteiger partial charge in [0, 0.05) is 16.0 Å². The van der Waals surface area contributed by atoms with E-state index >= 15 is 0 Å². The first-order valence-electron chi connectivity index (χ1n) is 6.83. The quantitative estimate of drug-likeness (QED) is 0.697. The Morgan fingerprint density at radius 2 is 2.00 bits per heavy atom. The van der Waals surface area contributed by atoms with Gasteiger partial charge in [0.25, 0.3) is 5.91 Å². The SMILES string of the molecule is COc1ccc(Cl)cc1NC(=O)c1oc2c(Cl)cccc2c1C. The third-order valence-electron chi connectivity index (χ3n) is 3.53. The highest BCUT2D eigenvalue weighted by Crippen LogP contribution is 2.32. The van der Waals surface area contributed by atoms with Crippen LogP contribution in [0, 0.1) is 6.92 Å². The molecule has 2 aromatic carbocycles. The monoisotopic (exact) mass is 349 g/mol. The van der Waals surface area contributed by atoms with E-state index in [-0.39, 0.29) is 5.76 Å². The number of fused-ring (bicyclic) bond motifs is 1. The summed E-state index contributed by atoms with van der Waals surface area (Å²) >= 11 is 12.1. The molecule has 0 spiro atoms. The molecular formula is C17H13Cl2NO3. The second-order valence-corrected chi connectivity index (χ2v) is 5.82. The fourth-order valence-electron chi connectivity index (χ4n) is 2.38. The van der Waals surface area contributed by atoms with Gasteiger partial charge in [0.15, 0.2) is 11.3 Å². The van der Waals surface area contributed by atoms with Crippen molar-refractivity contribution in [1.29, 1.82) is 0 Å². The van der Waals surface area contributed by atoms with Gasteiger partial charge in [-0.25, -0.2) is 0 Å². The minimum atomic E-state index is -0.393. The van der Waals surface area contributed by atoms with E-state index in [9.17, 15) is 4.79 Å². The Balaban J connectivity index is 2.00. The lowest BCUT2D eigenvalue weighted by atomic mass is 10.1. The Bertz CT molecular complexity index is 902. The number of amides is 1. The topological polar surface area (TPSA) is 51.5 Å². The average molecular weight is 350 g/mol. The lowest BCUT2D eigenvalue weighted by Gasteiger charge is -2.09. The molecule has 3 aromatic rings. The number of furan rings is 1. The summed E-state index contributed by atoms with van der Waals surface area (Å²) in [5.41, 5.74) is 1.69. The summed E-state index contributed by atoms with van der Waals surface area (Å²) in [6, 6.07) is 10.4. The van der Waals surface area contributed by atoms with Crippen LogP contribution >= 0.6 is 23.2 Å². The molecule has 1 N–H and O–H groups in total. The summed E-state index contributed by atoms with van der Waals surface area (Å²) in [6.07, 6.45) is 0. The molecule has 0 aliphatic heterocycles. The number of carbonyl (C=O) groups is 1. The van der Waals surface area contributed by atoms with Crippen molar-refractivity contribution in [2.45, 2.75) is 6.92 Å². The molecule has 4 nitrogen and oxygen atoms in total. The molecule has 0 radical (unpaired) electrons. The van der Waals surface area contributed by atoms with Crippen LogP contribution in [0.3, 0.4) is 0 Å². The van der Waals surface area contributed by atoms with Crippen molar-refractivity contribution in [2.24, 2.45) is 0 Å². The summed E-state index contributed by atoms with van der Waals surface area (Å²) < 4.78 is 10.9. The Labute approximate surface area is 142 Å². The molecule has 0 bridgehead atoms. The van der Waals surface area contributed by atoms with Crippen LogP contribution in [0.1, 0.15) is 16.1 Å². The summed E-state index contributed by atoms with van der Waals surface area (Å²) in [6.45, 7) is 1.81. The molecule has 1 aromatic heterocycles. The number of ether oxygens (including phenoxy) is 1. The molecule has 1 heterocycles. The summed E-state index contributed by atoms with van der Waals surface area (Å²) in [7, 11) is 1.52. The number of halogens is 2. The van der Waals surface area contributed by atoms with E-state index in [0.29, 0.717) is 27.1 Å². The number of rotatable bonds is 3. The van der Waals surface area contributed by atoms with Gasteiger partial charge in [-0.15, -0.1) is 0 Å². The highest BCUT2D eigenvalue weighted by Gasteiger charge is 2.20. The number of nitrogens with one attached hydrogen (secondary N) is 1. The predicted molar refractivity (Wildman–Crippen MR) is 91.9 cm³/mol. The fourth-order valence-corrected chi connectivity index (χ4v) is 2.77. The molecule has 0 fully saturated rings. The standard InChI is InChI=1S/C17H13Cl2NO3/c1-9-11-4-3-5-12(19)16(11)23-15(9)17(21)20-13-8-10(18)6-7-14(13)22-2/h3-8H,1-2H3,(H,20,21). The van der Waals surface area contributed by atoms with E-state index < -0.39 is 5.91 Å². The van der Waals surface area contributed by atoms with Gasteiger partial charge in [0.1, 0.15) is 5.75 Å². The van der Waals surface area contributed by atoms with Crippen LogP contribution < -0.4 is 10.1 Å². The van der Waals surface area contributed by atoms with Crippen LogP contribution in [0.15, 0.2) is 40.8 Å². The number of hydrogen-bond donors (Lipinski definition) is 1. The molecule has 0 saturated carbocycles. The van der Waals surface area contributed by atoms with E-state index in [1.54, 1.807) is 24.3 Å². The van der Waals surface area contributed by atoms with Crippen molar-refractivity contribution in [1.82, 2.24) is 0 Å². The second kappa shape index (κ2) is 6.14. The van der Waals surface area contributed by atoms with Crippen molar-refractivity contribution < 1.29 is 13.9 Å². The molecule has 3 rings (SSSR count). The molecule has 0 aliphatic rings. The first kappa shape index (κ1) is 15.7. The maximum absolute atomic E-state index is 12.5. The third kappa shape index (κ3) is 2.87. The molecule has 23 heavy (non-hydrogen) atoms. The van der Waals surface area contributed by atoms with E-state index in [1.165, 1.54) is 7.11 Å². The zero-order valence-electron chi connectivity index (χ0n) is 12.4. The average Bonchev–Trinajstić information content (AvgIpc) is 2.86. The molecular weight excluding hydrogens is 337 g/mol. The normalized spacial score (nSPS) is 10.8. The molecule has 0 aliphatic carbocycles. The lowest BCUT2D eigenvalue weighted by molar-refractivity contribution is 0.0997. The minimum Gasteiger partial charge on any atom is -0.495 e. The molecule has 118 valence electrons. The zero-order valence-corrected chi connectivity index (χ0v) is 14.0. The molecule has 1 amide bonds. The predicted octanol–water partition coefficient (Wildman–Crippen LogP) is 5.31. The molecule has 0 atom stereocenters. The van der Waals surface area contributed by atoms with Crippen molar-refractivity contribution in [3.8, 4) is 5.75 Å². The van der Waals surface area contributed by atoms with Crippen molar-refractivity contribution in [3.05, 3.63) is 57.8 Å². The van der Waals surface area contributed by atoms with Gasteiger partial charge in [-0.1, -0.05) is 35.3 Å². The van der Waals surface area contributed by atoms with Crippen LogP contribution in [0.5, 0.6) is 5.75 Å². The summed E-state index contributed by atoms with van der Waals surface area (Å²) in [5.74, 6) is 0.319. The van der Waals surface area contributed by atoms with E-state index in [0.717, 1.165) is 10.9 Å². The summed E-state index contributed by atoms with van der Waals surface area (Å²) in [5, 5.41) is 4.51. The van der Waals surface area contributed by atoms with Gasteiger partial charge < -0.3 is 14.5 Å². The van der Waals surface area contributed by atoms with Gasteiger partial charge in [-0.05, 0) is 31.2 Å². The minimum absolute atomic E-state index is 0.204. The zero-order chi connectivity index (χ0) is 16.6. The molecule has 6 heteroatoms. The van der Waals surface area contributed by atoms with Gasteiger partial charge in [0.05, 0.1) is 17.8 Å². The third-order valence-corrected chi connectivity index (χ3v) is 4.06. The van der Waals surface area contributed by atoms with Gasteiger partial charge in [-0.2, -0.15) is 0 Å². The maximum Gasteiger partial charge on any atom is 0.291 e. The van der Waals surface area contributed by atoms with Crippen molar-refractivity contribution in [2.75, 3.05) is 12.4 Å². The van der Waals surface area contributed by atoms with Crippen LogP contribution in [-0.2, 0) is 0 Å². The fraction of sp³-hybridized carbons (Fsp3) is 0.118. The highest BCUT2D eigenvalue weighted by molar-refractivity contribution is 6.35. The van der Waals surface area contributed by atoms with Gasteiger partial charge in [0.2, 0.25) is 0 Å². The number of hydrogen-bond acceptors (Lipinski definition) is 3. The maximum atomic E-state index is 12.5. The highest BCUT2D eigenvalue weighted by atomic mass is 35.5. The number of benzene rings is 2. The Morgan fingerprint density at radius 1 is 1.22 bits per heavy atom. The molecule has 0 unspecified atom stereocenters. The van der Waals surface area contributed by atoms with E-state index in [2.05, 4.69) is 5.32 Å². The van der Waals surface area contributed by atoms with Crippen molar-refractivity contribution >= 4 is 45.8 Å². The molecule has 0 saturated heterocycles. The Hall–Kier alpha value is -2.17. The first-order valence-corrected chi connectivity index (χ1v) is 7.59. The van der Waals surface area contributed by atoms with E-state index in [4.69, 9.17) is 32.4 Å². The lowest BCUT2D eigenvalue weighted by Crippen LogP contribution is -2.12. The second-order valence-electron chi connectivity index (χ2n) is 4.97. The van der Waals surface area contributed by atoms with Crippen molar-refractivity contribution in [3.63, 3.8) is 0 Å². The van der Waals surface area contributed by atoms with Crippen LogP contribution in [-0.4, -0.2) is 13.0 Å². The number of aryl methyl sites for hydroxylation is 1. The Morgan fingerprint density at radius 3 is 2.70 bits per heavy atom. The van der Waals surface area contributed by atoms with Gasteiger partial charge >= 0.3 is 0 Å². The Kier molecular flexibility index (Phi) is 4.20. The number of para-hydroxylation sites is 1. The van der Waals surface area contributed by atoms with Crippen LogP contribution in [0.4, 0.5) is 5.69 Å². The van der Waals surface area contributed by atoms with Crippen LogP contribution in [0.25, 0.3) is 11.0 Å². The smallest absolute Gasteiger partial charge is 0.291 e.